The quantitative estimate of drug-likeness (QED) is 0.562. The van der Waals surface area contributed by atoms with Gasteiger partial charge in [0.25, 0.3) is 0 Å². The molecule has 3 atom stereocenters. The zero-order chi connectivity index (χ0) is 10.7. The second kappa shape index (κ2) is 4.92. The van der Waals surface area contributed by atoms with Crippen LogP contribution < -0.4 is 5.32 Å². The fourth-order valence-corrected chi connectivity index (χ4v) is 3.04. The molecule has 2 rings (SSSR count). The molecule has 86 valence electrons. The highest BCUT2D eigenvalue weighted by molar-refractivity contribution is 4.84. The zero-order valence-corrected chi connectivity index (χ0v) is 9.15. The van der Waals surface area contributed by atoms with Gasteiger partial charge in [0.1, 0.15) is 0 Å². The van der Waals surface area contributed by atoms with Crippen LogP contribution in [0.2, 0.25) is 0 Å². The second-order valence-corrected chi connectivity index (χ2v) is 4.92. The van der Waals surface area contributed by atoms with Crippen molar-refractivity contribution in [3.63, 3.8) is 0 Å². The van der Waals surface area contributed by atoms with E-state index in [1.165, 1.54) is 25.7 Å². The Morgan fingerprint density at radius 3 is 2.67 bits per heavy atom. The van der Waals surface area contributed by atoms with Crippen molar-refractivity contribution in [2.45, 2.75) is 57.0 Å². The molecule has 1 aliphatic heterocycles. The first kappa shape index (κ1) is 10.9. The van der Waals surface area contributed by atoms with Crippen LogP contribution in [-0.2, 0) is 0 Å². The number of nitrogens with zero attached hydrogens (tertiary/aromatic N) is 1. The SMILES string of the molecule is O=[N+]([O-])C1CCCC(C2CCCCN2)C1. The molecule has 0 aromatic rings. The summed E-state index contributed by atoms with van der Waals surface area (Å²) in [4.78, 5) is 10.7. The van der Waals surface area contributed by atoms with Crippen molar-refractivity contribution in [3.8, 4) is 0 Å². The molecule has 3 unspecified atom stereocenters. The van der Waals surface area contributed by atoms with Gasteiger partial charge in [0.2, 0.25) is 6.04 Å². The molecule has 0 radical (unpaired) electrons. The summed E-state index contributed by atoms with van der Waals surface area (Å²) in [5.74, 6) is 0.550. The molecule has 1 N–H and O–H groups in total. The fraction of sp³-hybridized carbons (Fsp3) is 1.00. The van der Waals surface area contributed by atoms with E-state index in [1.807, 2.05) is 0 Å². The van der Waals surface area contributed by atoms with Gasteiger partial charge in [0.15, 0.2) is 0 Å². The molecule has 2 aliphatic rings. The van der Waals surface area contributed by atoms with Crippen LogP contribution in [0.1, 0.15) is 44.9 Å². The number of hydrogen-bond donors (Lipinski definition) is 1. The summed E-state index contributed by atoms with van der Waals surface area (Å²) < 4.78 is 0. The summed E-state index contributed by atoms with van der Waals surface area (Å²) in [6.07, 6.45) is 7.58. The smallest absolute Gasteiger partial charge is 0.213 e. The first-order valence-electron chi connectivity index (χ1n) is 6.14. The molecular weight excluding hydrogens is 192 g/mol. The van der Waals surface area contributed by atoms with Crippen molar-refractivity contribution in [3.05, 3.63) is 10.1 Å². The third kappa shape index (κ3) is 2.68. The highest BCUT2D eigenvalue weighted by Gasteiger charge is 2.34. The van der Waals surface area contributed by atoms with Gasteiger partial charge in [-0.05, 0) is 38.1 Å². The van der Waals surface area contributed by atoms with Gasteiger partial charge < -0.3 is 5.32 Å². The van der Waals surface area contributed by atoms with Gasteiger partial charge in [0.05, 0.1) is 0 Å². The van der Waals surface area contributed by atoms with E-state index in [2.05, 4.69) is 5.32 Å². The lowest BCUT2D eigenvalue weighted by Gasteiger charge is -2.34. The summed E-state index contributed by atoms with van der Waals surface area (Å²) >= 11 is 0. The molecule has 15 heavy (non-hydrogen) atoms. The maximum absolute atomic E-state index is 10.8. The van der Waals surface area contributed by atoms with Crippen molar-refractivity contribution >= 4 is 0 Å². The van der Waals surface area contributed by atoms with Crippen LogP contribution in [0, 0.1) is 16.0 Å². The van der Waals surface area contributed by atoms with Crippen molar-refractivity contribution < 1.29 is 4.92 Å². The van der Waals surface area contributed by atoms with Crippen molar-refractivity contribution in [1.82, 2.24) is 5.32 Å². The van der Waals surface area contributed by atoms with E-state index in [-0.39, 0.29) is 11.0 Å². The van der Waals surface area contributed by atoms with Crippen molar-refractivity contribution in [2.75, 3.05) is 6.54 Å². The number of nitro groups is 1. The van der Waals surface area contributed by atoms with E-state index in [1.54, 1.807) is 0 Å². The minimum absolute atomic E-state index is 0.0744. The lowest BCUT2D eigenvalue weighted by atomic mass is 9.79. The van der Waals surface area contributed by atoms with Gasteiger partial charge in [-0.15, -0.1) is 0 Å². The van der Waals surface area contributed by atoms with Gasteiger partial charge in [-0.1, -0.05) is 6.42 Å². The highest BCUT2D eigenvalue weighted by Crippen LogP contribution is 2.31. The molecular formula is C11H20N2O2. The first-order valence-corrected chi connectivity index (χ1v) is 6.14. The minimum atomic E-state index is -0.271. The Morgan fingerprint density at radius 2 is 2.00 bits per heavy atom. The van der Waals surface area contributed by atoms with Gasteiger partial charge in [-0.2, -0.15) is 0 Å². The summed E-state index contributed by atoms with van der Waals surface area (Å²) in [7, 11) is 0. The zero-order valence-electron chi connectivity index (χ0n) is 9.15. The van der Waals surface area contributed by atoms with Crippen LogP contribution >= 0.6 is 0 Å². The standard InChI is InChI=1S/C11H20N2O2/c14-13(15)10-5-3-4-9(8-10)11-6-1-2-7-12-11/h9-12H,1-8H2. The number of rotatable bonds is 2. The maximum Gasteiger partial charge on any atom is 0.213 e. The topological polar surface area (TPSA) is 55.2 Å². The third-order valence-corrected chi connectivity index (χ3v) is 3.90. The van der Waals surface area contributed by atoms with E-state index in [9.17, 15) is 10.1 Å². The normalized spacial score (nSPS) is 37.5. The van der Waals surface area contributed by atoms with Crippen LogP contribution in [0.25, 0.3) is 0 Å². The Kier molecular flexibility index (Phi) is 3.57. The van der Waals surface area contributed by atoms with Crippen LogP contribution in [0.15, 0.2) is 0 Å². The molecule has 4 heteroatoms. The van der Waals surface area contributed by atoms with Crippen LogP contribution in [0.4, 0.5) is 0 Å². The molecule has 0 bridgehead atoms. The van der Waals surface area contributed by atoms with Crippen molar-refractivity contribution in [2.24, 2.45) is 5.92 Å². The minimum Gasteiger partial charge on any atom is -0.314 e. The molecule has 0 aromatic heterocycles. The summed E-state index contributed by atoms with van der Waals surface area (Å²) in [6.45, 7) is 1.10. The predicted molar refractivity (Wildman–Crippen MR) is 58.4 cm³/mol. The molecule has 1 heterocycles. The Labute approximate surface area is 90.6 Å². The molecule has 1 aliphatic carbocycles. The number of nitrogens with one attached hydrogen (secondary N) is 1. The first-order chi connectivity index (χ1) is 7.27. The molecule has 0 amide bonds. The highest BCUT2D eigenvalue weighted by atomic mass is 16.6. The number of hydrogen-bond acceptors (Lipinski definition) is 3. The summed E-state index contributed by atoms with van der Waals surface area (Å²) in [6, 6.07) is 0.286. The van der Waals surface area contributed by atoms with Crippen molar-refractivity contribution in [1.29, 1.82) is 0 Å². The summed E-state index contributed by atoms with van der Waals surface area (Å²) in [5, 5.41) is 14.3. The molecule has 4 nitrogen and oxygen atoms in total. The Bertz CT molecular complexity index is 227. The molecule has 2 fully saturated rings. The molecule has 0 spiro atoms. The molecule has 1 saturated carbocycles. The average molecular weight is 212 g/mol. The van der Waals surface area contributed by atoms with E-state index in [0.29, 0.717) is 12.0 Å². The Hall–Kier alpha value is -0.640. The number of piperidine rings is 1. The van der Waals surface area contributed by atoms with E-state index >= 15 is 0 Å². The van der Waals surface area contributed by atoms with Crippen LogP contribution in [0.3, 0.4) is 0 Å². The van der Waals surface area contributed by atoms with Crippen LogP contribution in [0.5, 0.6) is 0 Å². The lowest BCUT2D eigenvalue weighted by Crippen LogP contribution is -2.43. The lowest BCUT2D eigenvalue weighted by molar-refractivity contribution is -0.528. The summed E-state index contributed by atoms with van der Waals surface area (Å²) in [5.41, 5.74) is 0. The van der Waals surface area contributed by atoms with Crippen LogP contribution in [-0.4, -0.2) is 23.6 Å². The monoisotopic (exact) mass is 212 g/mol. The van der Waals surface area contributed by atoms with Gasteiger partial charge in [-0.25, -0.2) is 0 Å². The average Bonchev–Trinajstić information content (AvgIpc) is 2.30. The maximum atomic E-state index is 10.8. The van der Waals surface area contributed by atoms with Gasteiger partial charge >= 0.3 is 0 Å². The van der Waals surface area contributed by atoms with Gasteiger partial charge in [-0.3, -0.25) is 10.1 Å². The Morgan fingerprint density at radius 1 is 1.13 bits per heavy atom. The molecule has 1 saturated heterocycles. The fourth-order valence-electron chi connectivity index (χ4n) is 3.04. The third-order valence-electron chi connectivity index (χ3n) is 3.90. The van der Waals surface area contributed by atoms with E-state index < -0.39 is 0 Å². The van der Waals surface area contributed by atoms with E-state index in [4.69, 9.17) is 0 Å². The van der Waals surface area contributed by atoms with E-state index in [0.717, 1.165) is 25.8 Å². The largest absolute Gasteiger partial charge is 0.314 e. The van der Waals surface area contributed by atoms with Gasteiger partial charge in [0, 0.05) is 23.8 Å². The molecule has 0 aromatic carbocycles. The second-order valence-electron chi connectivity index (χ2n) is 4.92. The Balaban J connectivity index is 1.88. The predicted octanol–water partition coefficient (Wildman–Crippen LogP) is 1.96.